The van der Waals surface area contributed by atoms with Crippen LogP contribution in [0.15, 0.2) is 17.1 Å². The van der Waals surface area contributed by atoms with Crippen LogP contribution in [0.1, 0.15) is 22.3 Å². The van der Waals surface area contributed by atoms with Gasteiger partial charge in [-0.25, -0.2) is 0 Å². The Kier molecular flexibility index (Phi) is 40.2. The number of hydrogen-bond acceptors (Lipinski definition) is 1. The van der Waals surface area contributed by atoms with E-state index in [0.29, 0.717) is 0 Å². The van der Waals surface area contributed by atoms with Gasteiger partial charge in [0.25, 0.3) is 0 Å². The molecule has 6 nitrogen and oxygen atoms in total. The van der Waals surface area contributed by atoms with Crippen molar-refractivity contribution >= 4 is 6.21 Å². The third-order valence-corrected chi connectivity index (χ3v) is 2.28. The van der Waals surface area contributed by atoms with Crippen molar-refractivity contribution in [2.45, 2.75) is 20.4 Å². The number of rotatable bonds is 0. The van der Waals surface area contributed by atoms with Gasteiger partial charge >= 0.3 is 56.5 Å². The maximum Gasteiger partial charge on any atom is 0 e. The van der Waals surface area contributed by atoms with Gasteiger partial charge in [-0.1, -0.05) is 12.1 Å². The van der Waals surface area contributed by atoms with Gasteiger partial charge in [0.1, 0.15) is 0 Å². The van der Waals surface area contributed by atoms with E-state index in [0.717, 1.165) is 6.54 Å². The van der Waals surface area contributed by atoms with Crippen molar-refractivity contribution < 1.29 is 40.6 Å². The SMILES string of the molecule is Cc1ccc(C)c2c1C=NC2.[C-]#[O+].[C-]#[O+].[C-]#[O+].[C-]#[O+].[C-]#[O+].[Cr]. The summed E-state index contributed by atoms with van der Waals surface area (Å²) in [7, 11) is 0. The molecule has 112 valence electrons. The molecule has 0 atom stereocenters. The Balaban J connectivity index is -0.0000000760. The van der Waals surface area contributed by atoms with E-state index in [4.69, 9.17) is 23.3 Å². The summed E-state index contributed by atoms with van der Waals surface area (Å²) in [6.07, 6.45) is 1.98. The van der Waals surface area contributed by atoms with Crippen LogP contribution in [-0.2, 0) is 47.2 Å². The Hall–Kier alpha value is -1.88. The molecule has 2 rings (SSSR count). The third kappa shape index (κ3) is 11.9. The number of fused-ring (bicyclic) bond motifs is 1. The largest absolute Gasteiger partial charge is 0 e. The van der Waals surface area contributed by atoms with Crippen molar-refractivity contribution in [2.24, 2.45) is 4.99 Å². The summed E-state index contributed by atoms with van der Waals surface area (Å²) in [5.74, 6) is 0. The van der Waals surface area contributed by atoms with Crippen molar-refractivity contribution in [3.8, 4) is 0 Å². The first-order valence-electron chi connectivity index (χ1n) is 4.90. The average molecular weight is 337 g/mol. The molecule has 0 amide bonds. The Morgan fingerprint density at radius 1 is 0.773 bits per heavy atom. The molecule has 0 unspecified atom stereocenters. The summed E-state index contributed by atoms with van der Waals surface area (Å²) in [6.45, 7) is 27.7. The van der Waals surface area contributed by atoms with E-state index in [1.165, 1.54) is 22.3 Å². The normalized spacial score (nSPS) is 7.27. The monoisotopic (exact) mass is 337 g/mol. The van der Waals surface area contributed by atoms with E-state index >= 15 is 0 Å². The first-order valence-corrected chi connectivity index (χ1v) is 4.90. The van der Waals surface area contributed by atoms with Crippen molar-refractivity contribution in [2.75, 3.05) is 0 Å². The minimum Gasteiger partial charge on any atom is 0 e. The summed E-state index contributed by atoms with van der Waals surface area (Å²) >= 11 is 0. The minimum atomic E-state index is 0. The predicted molar refractivity (Wildman–Crippen MR) is 66.9 cm³/mol. The molecule has 1 aromatic carbocycles. The van der Waals surface area contributed by atoms with Crippen LogP contribution in [0.5, 0.6) is 0 Å². The van der Waals surface area contributed by atoms with Crippen molar-refractivity contribution in [3.63, 3.8) is 0 Å². The maximum absolute atomic E-state index is 7.50. The Morgan fingerprint density at radius 2 is 1.14 bits per heavy atom. The van der Waals surface area contributed by atoms with Crippen molar-refractivity contribution in [1.29, 1.82) is 0 Å². The maximum atomic E-state index is 7.50. The number of benzene rings is 1. The van der Waals surface area contributed by atoms with Crippen LogP contribution in [0.4, 0.5) is 0 Å². The van der Waals surface area contributed by atoms with E-state index in [1.807, 2.05) is 6.21 Å². The van der Waals surface area contributed by atoms with Crippen LogP contribution >= 0.6 is 0 Å². The Labute approximate surface area is 140 Å². The number of nitrogens with zero attached hydrogens (tertiary/aromatic N) is 1. The molecule has 0 bridgehead atoms. The number of hydrogen-bond donors (Lipinski definition) is 0. The molecule has 0 saturated carbocycles. The topological polar surface area (TPSA) is 112 Å². The second-order valence-corrected chi connectivity index (χ2v) is 3.06. The molecule has 0 N–H and O–H groups in total. The fourth-order valence-corrected chi connectivity index (χ4v) is 1.51. The zero-order chi connectivity index (χ0) is 17.8. The molecule has 0 fully saturated rings. The first-order chi connectivity index (χ1) is 10.3. The minimum absolute atomic E-state index is 0. The molecule has 1 aromatic rings. The predicted octanol–water partition coefficient (Wildman–Crippen LogP) is 2.05. The van der Waals surface area contributed by atoms with Crippen LogP contribution in [-0.4, -0.2) is 6.21 Å². The molecule has 0 aliphatic carbocycles. The zero-order valence-corrected chi connectivity index (χ0v) is 13.1. The second kappa shape index (κ2) is 27.5. The summed E-state index contributed by atoms with van der Waals surface area (Å²) in [5, 5.41) is 0. The van der Waals surface area contributed by atoms with E-state index in [9.17, 15) is 0 Å². The molecule has 1 aliphatic heterocycles. The summed E-state index contributed by atoms with van der Waals surface area (Å²) in [6, 6.07) is 4.33. The standard InChI is InChI=1S/C10H11N.5CO.Cr/c1-7-3-4-8(2)10-6-11-5-9(7)10;5*1-2;/h3-5H,6H2,1-2H3;;;;;;. The Morgan fingerprint density at radius 3 is 1.50 bits per heavy atom. The molecule has 0 saturated heterocycles. The van der Waals surface area contributed by atoms with E-state index in [2.05, 4.69) is 64.2 Å². The van der Waals surface area contributed by atoms with Crippen LogP contribution < -0.4 is 0 Å². The molecule has 0 aromatic heterocycles. The fourth-order valence-electron chi connectivity index (χ4n) is 1.51. The van der Waals surface area contributed by atoms with Gasteiger partial charge in [0.15, 0.2) is 0 Å². The van der Waals surface area contributed by atoms with E-state index in [1.54, 1.807) is 0 Å². The van der Waals surface area contributed by atoms with Gasteiger partial charge in [0, 0.05) is 29.1 Å². The molecule has 7 heteroatoms. The molecule has 1 aliphatic rings. The van der Waals surface area contributed by atoms with Crippen LogP contribution in [0.2, 0.25) is 0 Å². The van der Waals surface area contributed by atoms with Gasteiger partial charge in [-0.3, -0.25) is 4.99 Å². The van der Waals surface area contributed by atoms with Gasteiger partial charge in [0.05, 0.1) is 6.54 Å². The zero-order valence-electron chi connectivity index (χ0n) is 11.8. The first kappa shape index (κ1) is 32.2. The van der Waals surface area contributed by atoms with E-state index in [-0.39, 0.29) is 17.4 Å². The molecule has 0 spiro atoms. The van der Waals surface area contributed by atoms with Crippen LogP contribution in [0, 0.1) is 47.1 Å². The summed E-state index contributed by atoms with van der Waals surface area (Å²) in [5.41, 5.74) is 5.45. The Bertz CT molecular complexity index is 492. The van der Waals surface area contributed by atoms with E-state index < -0.39 is 0 Å². The van der Waals surface area contributed by atoms with Crippen molar-refractivity contribution in [1.82, 2.24) is 0 Å². The summed E-state index contributed by atoms with van der Waals surface area (Å²) < 4.78 is 37.5. The number of aliphatic imine (C=N–C) groups is 1. The van der Waals surface area contributed by atoms with Gasteiger partial charge in [-0.05, 0) is 30.5 Å². The smallest absolute Gasteiger partial charge is 0 e. The quantitative estimate of drug-likeness (QED) is 0.510. The van der Waals surface area contributed by atoms with Gasteiger partial charge in [-0.15, -0.1) is 0 Å². The second-order valence-electron chi connectivity index (χ2n) is 3.06. The summed E-state index contributed by atoms with van der Waals surface area (Å²) in [4.78, 5) is 4.25. The molecule has 0 radical (unpaired) electrons. The molecular weight excluding hydrogens is 326 g/mol. The average Bonchev–Trinajstić information content (AvgIpc) is 3.11. The molecule has 1 heterocycles. The van der Waals surface area contributed by atoms with Crippen LogP contribution in [0.25, 0.3) is 0 Å². The van der Waals surface area contributed by atoms with Gasteiger partial charge in [0.2, 0.25) is 0 Å². The third-order valence-electron chi connectivity index (χ3n) is 2.28. The molecular formula is C15H11CrNO5. The van der Waals surface area contributed by atoms with Gasteiger partial charge < -0.3 is 0 Å². The molecule has 22 heavy (non-hydrogen) atoms. The number of aryl methyl sites for hydroxylation is 2. The fraction of sp³-hybridized carbons (Fsp3) is 0.200. The van der Waals surface area contributed by atoms with Crippen molar-refractivity contribution in [3.05, 3.63) is 67.6 Å². The van der Waals surface area contributed by atoms with Crippen LogP contribution in [0.3, 0.4) is 0 Å². The van der Waals surface area contributed by atoms with Gasteiger partial charge in [-0.2, -0.15) is 0 Å².